The van der Waals surface area contributed by atoms with E-state index in [9.17, 15) is 9.00 Å². The maximum absolute atomic E-state index is 13.8. The Labute approximate surface area is 317 Å². The normalized spacial score (nSPS) is 17.6. The van der Waals surface area contributed by atoms with Crippen LogP contribution in [0.1, 0.15) is 69.3 Å². The standard InChI is InChI=1S/C43H54N4O5S/c1-4-6-22-50-24-25-52-39-16-11-34(12-17-39)35-13-20-41-37(26-35)27-36(10-7-21-47(41)28-33-9-8-23-51-29-33)43(48)45-38-14-18-40(19-15-38)53(49)30-42-32(3)44-31-46(42)5-2/h11-20,26-27,31,33H,4-10,21-25,28-30H2,1-3H3,(H,45,48)/b36-27+/t33-,53+/m0/s1. The fourth-order valence-electron chi connectivity index (χ4n) is 7.00. The molecule has 282 valence electrons. The molecule has 0 spiro atoms. The van der Waals surface area contributed by atoms with Crippen LogP contribution in [0, 0.1) is 12.8 Å². The van der Waals surface area contributed by atoms with Gasteiger partial charge in [0, 0.05) is 54.7 Å². The number of carbonyl (C=O) groups is 1. The molecule has 3 aromatic carbocycles. The van der Waals surface area contributed by atoms with Gasteiger partial charge in [-0.25, -0.2) is 4.98 Å². The smallest absolute Gasteiger partial charge is 0.251 e. The monoisotopic (exact) mass is 738 g/mol. The highest BCUT2D eigenvalue weighted by Crippen LogP contribution is 2.34. The molecular weight excluding hydrogens is 685 g/mol. The Morgan fingerprint density at radius 2 is 1.81 bits per heavy atom. The third-order valence-corrected chi connectivity index (χ3v) is 11.4. The second-order valence-corrected chi connectivity index (χ2v) is 15.4. The zero-order valence-electron chi connectivity index (χ0n) is 31.5. The minimum atomic E-state index is -1.23. The molecule has 2 aliphatic heterocycles. The lowest BCUT2D eigenvalue weighted by molar-refractivity contribution is -0.112. The van der Waals surface area contributed by atoms with Crippen molar-refractivity contribution in [3.05, 3.63) is 95.6 Å². The maximum atomic E-state index is 13.8. The van der Waals surface area contributed by atoms with E-state index in [0.717, 1.165) is 115 Å². The van der Waals surface area contributed by atoms with E-state index in [2.05, 4.69) is 65.5 Å². The zero-order valence-corrected chi connectivity index (χ0v) is 32.3. The fraction of sp³-hybridized carbons (Fsp3) is 0.442. The first kappa shape index (κ1) is 38.5. The minimum absolute atomic E-state index is 0.119. The van der Waals surface area contributed by atoms with Crippen LogP contribution in [0.3, 0.4) is 0 Å². The lowest BCUT2D eigenvalue weighted by Gasteiger charge is -2.33. The first-order valence-corrected chi connectivity index (χ1v) is 20.5. The van der Waals surface area contributed by atoms with Gasteiger partial charge >= 0.3 is 0 Å². The van der Waals surface area contributed by atoms with Crippen molar-refractivity contribution in [2.45, 2.75) is 76.5 Å². The Balaban J connectivity index is 1.18. The highest BCUT2D eigenvalue weighted by Gasteiger charge is 2.23. The van der Waals surface area contributed by atoms with Gasteiger partial charge in [-0.3, -0.25) is 9.00 Å². The predicted octanol–water partition coefficient (Wildman–Crippen LogP) is 8.43. The number of benzene rings is 3. The van der Waals surface area contributed by atoms with E-state index in [1.807, 2.05) is 47.9 Å². The molecule has 4 aromatic rings. The van der Waals surface area contributed by atoms with E-state index in [1.165, 1.54) is 6.42 Å². The van der Waals surface area contributed by atoms with Gasteiger partial charge in [-0.05, 0) is 123 Å². The zero-order chi connectivity index (χ0) is 37.0. The molecule has 2 atom stereocenters. The van der Waals surface area contributed by atoms with E-state index in [-0.39, 0.29) is 5.91 Å². The van der Waals surface area contributed by atoms with Crippen molar-refractivity contribution in [1.82, 2.24) is 9.55 Å². The largest absolute Gasteiger partial charge is 0.491 e. The number of amides is 1. The average molecular weight is 739 g/mol. The molecule has 10 heteroatoms. The van der Waals surface area contributed by atoms with Gasteiger partial charge in [-0.1, -0.05) is 31.5 Å². The van der Waals surface area contributed by atoms with Crippen molar-refractivity contribution in [2.75, 3.05) is 56.3 Å². The third-order valence-electron chi connectivity index (χ3n) is 10.1. The van der Waals surface area contributed by atoms with E-state index in [1.54, 1.807) is 6.33 Å². The quantitative estimate of drug-likeness (QED) is 0.115. The SMILES string of the molecule is CCCCOCCOc1ccc(-c2ccc3c(c2)/C=C(/C(=O)Nc2ccc([S@](=O)Cc4c(C)ncn4CC)cc2)CCCN3C[C@@H]2CCCOC2)cc1. The van der Waals surface area contributed by atoms with E-state index in [0.29, 0.717) is 37.0 Å². The number of imidazole rings is 1. The Morgan fingerprint density at radius 3 is 2.57 bits per heavy atom. The van der Waals surface area contributed by atoms with Crippen molar-refractivity contribution in [3.8, 4) is 16.9 Å². The van der Waals surface area contributed by atoms with Gasteiger partial charge in [0.15, 0.2) is 0 Å². The summed E-state index contributed by atoms with van der Waals surface area (Å²) in [7, 11) is -1.23. The maximum Gasteiger partial charge on any atom is 0.251 e. The number of aryl methyl sites for hydroxylation is 2. The van der Waals surface area contributed by atoms with Gasteiger partial charge in [0.25, 0.3) is 5.91 Å². The number of unbranched alkanes of at least 4 members (excludes halogenated alkanes) is 1. The molecule has 1 fully saturated rings. The average Bonchev–Trinajstić information content (AvgIpc) is 3.53. The lowest BCUT2D eigenvalue weighted by atomic mass is 9.95. The molecule has 9 nitrogen and oxygen atoms in total. The molecule has 2 aliphatic rings. The summed E-state index contributed by atoms with van der Waals surface area (Å²) in [6.45, 7) is 12.3. The van der Waals surface area contributed by atoms with Crippen molar-refractivity contribution >= 4 is 34.2 Å². The van der Waals surface area contributed by atoms with Gasteiger partial charge in [0.05, 0.1) is 47.5 Å². The van der Waals surface area contributed by atoms with E-state index in [4.69, 9.17) is 14.2 Å². The van der Waals surface area contributed by atoms with Crippen LogP contribution in [-0.4, -0.2) is 65.8 Å². The number of nitrogens with one attached hydrogen (secondary N) is 1. The summed E-state index contributed by atoms with van der Waals surface area (Å²) in [4.78, 5) is 21.4. The molecule has 6 rings (SSSR count). The fourth-order valence-corrected chi connectivity index (χ4v) is 8.23. The summed E-state index contributed by atoms with van der Waals surface area (Å²) >= 11 is 0. The molecule has 0 saturated carbocycles. The second-order valence-electron chi connectivity index (χ2n) is 13.9. The number of carbonyl (C=O) groups excluding carboxylic acids is 1. The summed E-state index contributed by atoms with van der Waals surface area (Å²) in [6.07, 6.45) is 9.85. The van der Waals surface area contributed by atoms with Crippen LogP contribution in [0.5, 0.6) is 5.75 Å². The number of hydrogen-bond acceptors (Lipinski definition) is 7. The second kappa shape index (κ2) is 19.2. The van der Waals surface area contributed by atoms with E-state index >= 15 is 0 Å². The Bertz CT molecular complexity index is 1850. The Hall–Kier alpha value is -4.25. The molecule has 53 heavy (non-hydrogen) atoms. The van der Waals surface area contributed by atoms with Crippen LogP contribution in [0.4, 0.5) is 11.4 Å². The van der Waals surface area contributed by atoms with Gasteiger partial charge in [0.1, 0.15) is 12.4 Å². The third kappa shape index (κ3) is 10.5. The number of rotatable bonds is 16. The highest BCUT2D eigenvalue weighted by molar-refractivity contribution is 7.84. The van der Waals surface area contributed by atoms with Crippen molar-refractivity contribution in [3.63, 3.8) is 0 Å². The molecule has 1 N–H and O–H groups in total. The molecule has 1 aromatic heterocycles. The lowest BCUT2D eigenvalue weighted by Crippen LogP contribution is -2.35. The molecule has 1 saturated heterocycles. The highest BCUT2D eigenvalue weighted by atomic mass is 32.2. The first-order valence-electron chi connectivity index (χ1n) is 19.2. The summed E-state index contributed by atoms with van der Waals surface area (Å²) < 4.78 is 32.6. The molecule has 0 radical (unpaired) electrons. The Kier molecular flexibility index (Phi) is 13.9. The number of fused-ring (bicyclic) bond motifs is 1. The molecule has 0 bridgehead atoms. The summed E-state index contributed by atoms with van der Waals surface area (Å²) in [6, 6.07) is 22.1. The number of hydrogen-bond donors (Lipinski definition) is 1. The topological polar surface area (TPSA) is 94.9 Å². The molecule has 1 amide bonds. The number of aromatic nitrogens is 2. The van der Waals surface area contributed by atoms with Crippen LogP contribution >= 0.6 is 0 Å². The van der Waals surface area contributed by atoms with Crippen LogP contribution in [0.2, 0.25) is 0 Å². The predicted molar refractivity (Wildman–Crippen MR) is 214 cm³/mol. The van der Waals surface area contributed by atoms with Gasteiger partial charge in [-0.15, -0.1) is 0 Å². The Morgan fingerprint density at radius 1 is 1.00 bits per heavy atom. The van der Waals surface area contributed by atoms with Crippen LogP contribution in [-0.2, 0) is 37.4 Å². The van der Waals surface area contributed by atoms with Crippen LogP contribution < -0.4 is 15.0 Å². The van der Waals surface area contributed by atoms with Crippen molar-refractivity contribution < 1.29 is 23.2 Å². The van der Waals surface area contributed by atoms with Crippen LogP contribution in [0.15, 0.2) is 83.5 Å². The van der Waals surface area contributed by atoms with Gasteiger partial charge in [0.2, 0.25) is 0 Å². The number of anilines is 2. The van der Waals surface area contributed by atoms with Crippen molar-refractivity contribution in [2.24, 2.45) is 5.92 Å². The van der Waals surface area contributed by atoms with Gasteiger partial charge < -0.3 is 29.0 Å². The molecular formula is C43H54N4O5S. The first-order chi connectivity index (χ1) is 25.9. The number of nitrogens with zero attached hydrogens (tertiary/aromatic N) is 3. The minimum Gasteiger partial charge on any atom is -0.491 e. The molecule has 0 unspecified atom stereocenters. The number of ether oxygens (including phenoxy) is 3. The van der Waals surface area contributed by atoms with E-state index < -0.39 is 10.8 Å². The molecule has 0 aliphatic carbocycles. The summed E-state index contributed by atoms with van der Waals surface area (Å²) in [5.74, 6) is 1.59. The van der Waals surface area contributed by atoms with Crippen LogP contribution in [0.25, 0.3) is 17.2 Å². The van der Waals surface area contributed by atoms with Crippen molar-refractivity contribution in [1.29, 1.82) is 0 Å². The summed E-state index contributed by atoms with van der Waals surface area (Å²) in [5.41, 5.74) is 7.63. The summed E-state index contributed by atoms with van der Waals surface area (Å²) in [5, 5.41) is 3.12. The molecule has 3 heterocycles. The van der Waals surface area contributed by atoms with Gasteiger partial charge in [-0.2, -0.15) is 0 Å².